The summed E-state index contributed by atoms with van der Waals surface area (Å²) < 4.78 is 1.98. The third-order valence-corrected chi connectivity index (χ3v) is 6.52. The highest BCUT2D eigenvalue weighted by molar-refractivity contribution is 5.48. The van der Waals surface area contributed by atoms with Gasteiger partial charge >= 0.3 is 0 Å². The van der Waals surface area contributed by atoms with Gasteiger partial charge in [0.2, 0.25) is 0 Å². The molecule has 0 atom stereocenters. The van der Waals surface area contributed by atoms with Gasteiger partial charge in [-0.25, -0.2) is 0 Å². The molecule has 3 fully saturated rings. The molecule has 2 aliphatic heterocycles. The lowest BCUT2D eigenvalue weighted by Gasteiger charge is -2.45. The summed E-state index contributed by atoms with van der Waals surface area (Å²) in [7, 11) is 2.27. The number of hydrogen-bond acceptors (Lipinski definition) is 6. The highest BCUT2D eigenvalue weighted by Crippen LogP contribution is 2.35. The molecule has 7 heteroatoms. The van der Waals surface area contributed by atoms with Crippen LogP contribution in [-0.4, -0.2) is 82.0 Å². The van der Waals surface area contributed by atoms with Gasteiger partial charge in [-0.1, -0.05) is 6.42 Å². The summed E-state index contributed by atoms with van der Waals surface area (Å²) in [5, 5.41) is 13.5. The van der Waals surface area contributed by atoms with Gasteiger partial charge in [-0.3, -0.25) is 4.90 Å². The predicted molar refractivity (Wildman–Crippen MR) is 102 cm³/mol. The minimum Gasteiger partial charge on any atom is -0.352 e. The number of fused-ring (bicyclic) bond motifs is 1. The van der Waals surface area contributed by atoms with E-state index < -0.39 is 0 Å². The molecule has 5 rings (SSSR count). The quantitative estimate of drug-likeness (QED) is 0.785. The van der Waals surface area contributed by atoms with Gasteiger partial charge in [0.25, 0.3) is 0 Å². The van der Waals surface area contributed by atoms with Gasteiger partial charge in [0.05, 0.1) is 0 Å². The van der Waals surface area contributed by atoms with Crippen LogP contribution >= 0.6 is 0 Å². The first-order valence-corrected chi connectivity index (χ1v) is 10.2. The zero-order valence-corrected chi connectivity index (χ0v) is 15.7. The Labute approximate surface area is 155 Å². The molecule has 26 heavy (non-hydrogen) atoms. The number of nitrogens with zero attached hydrogens (tertiary/aromatic N) is 7. The number of hydrogen-bond donors (Lipinski definition) is 0. The van der Waals surface area contributed by atoms with Crippen LogP contribution < -0.4 is 4.90 Å². The van der Waals surface area contributed by atoms with E-state index in [1.807, 2.05) is 4.52 Å². The third-order valence-electron chi connectivity index (χ3n) is 6.52. The highest BCUT2D eigenvalue weighted by Gasteiger charge is 2.32. The largest absolute Gasteiger partial charge is 0.352 e. The molecule has 2 saturated heterocycles. The first-order valence-electron chi connectivity index (χ1n) is 10.2. The van der Waals surface area contributed by atoms with Crippen LogP contribution in [0.5, 0.6) is 0 Å². The van der Waals surface area contributed by atoms with Gasteiger partial charge in [0.1, 0.15) is 5.82 Å². The zero-order chi connectivity index (χ0) is 17.5. The van der Waals surface area contributed by atoms with Crippen molar-refractivity contribution >= 4 is 11.5 Å². The Morgan fingerprint density at radius 3 is 2.62 bits per heavy atom. The first-order chi connectivity index (χ1) is 12.8. The summed E-state index contributed by atoms with van der Waals surface area (Å²) >= 11 is 0. The van der Waals surface area contributed by atoms with Crippen molar-refractivity contribution in [3.8, 4) is 0 Å². The molecule has 0 bridgehead atoms. The van der Waals surface area contributed by atoms with Crippen LogP contribution in [0.3, 0.4) is 0 Å². The molecule has 0 N–H and O–H groups in total. The van der Waals surface area contributed by atoms with E-state index in [9.17, 15) is 0 Å². The minimum atomic E-state index is 0.550. The summed E-state index contributed by atoms with van der Waals surface area (Å²) in [4.78, 5) is 7.49. The number of anilines is 1. The summed E-state index contributed by atoms with van der Waals surface area (Å²) in [6.45, 7) is 7.09. The fourth-order valence-electron chi connectivity index (χ4n) is 4.29. The SMILES string of the molecule is CN(CCN1CCCC1)C1CN(c2ccc3nnc(C4CCC4)n3n2)C1. The molecule has 3 aliphatic rings. The molecule has 0 radical (unpaired) electrons. The molecule has 2 aromatic rings. The smallest absolute Gasteiger partial charge is 0.178 e. The van der Waals surface area contributed by atoms with Crippen LogP contribution in [-0.2, 0) is 0 Å². The van der Waals surface area contributed by atoms with Crippen molar-refractivity contribution in [3.63, 3.8) is 0 Å². The van der Waals surface area contributed by atoms with Crippen LogP contribution in [0.1, 0.15) is 43.8 Å². The Bertz CT molecular complexity index is 756. The standard InChI is InChI=1S/C19H29N7/c1-23(11-12-24-9-2-3-10-24)16-13-25(14-16)18-8-7-17-20-21-19(26(17)22-18)15-5-4-6-15/h7-8,15-16H,2-6,9-14H2,1H3. The van der Waals surface area contributed by atoms with Gasteiger partial charge in [-0.15, -0.1) is 15.3 Å². The summed E-state index contributed by atoms with van der Waals surface area (Å²) in [6, 6.07) is 4.79. The number of rotatable bonds is 6. The van der Waals surface area contributed by atoms with E-state index in [1.165, 1.54) is 58.3 Å². The van der Waals surface area contributed by atoms with Crippen LogP contribution in [0.15, 0.2) is 12.1 Å². The Morgan fingerprint density at radius 1 is 1.08 bits per heavy atom. The first kappa shape index (κ1) is 16.4. The van der Waals surface area contributed by atoms with E-state index in [0.717, 1.165) is 30.4 Å². The lowest BCUT2D eigenvalue weighted by molar-refractivity contribution is 0.178. The Kier molecular flexibility index (Phi) is 4.29. The molecule has 140 valence electrons. The van der Waals surface area contributed by atoms with E-state index in [1.54, 1.807) is 0 Å². The van der Waals surface area contributed by atoms with Gasteiger partial charge < -0.3 is 9.80 Å². The Balaban J connectivity index is 1.20. The lowest BCUT2D eigenvalue weighted by Crippen LogP contribution is -2.59. The molecular formula is C19H29N7. The van der Waals surface area contributed by atoms with Crippen LogP contribution in [0, 0.1) is 0 Å². The van der Waals surface area contributed by atoms with Crippen molar-refractivity contribution in [2.24, 2.45) is 0 Å². The maximum atomic E-state index is 4.85. The highest BCUT2D eigenvalue weighted by atomic mass is 15.4. The van der Waals surface area contributed by atoms with Crippen molar-refractivity contribution in [2.45, 2.75) is 44.1 Å². The van der Waals surface area contributed by atoms with Crippen LogP contribution in [0.25, 0.3) is 5.65 Å². The maximum Gasteiger partial charge on any atom is 0.178 e. The third kappa shape index (κ3) is 2.97. The van der Waals surface area contributed by atoms with E-state index >= 15 is 0 Å². The fraction of sp³-hybridized carbons (Fsp3) is 0.737. The van der Waals surface area contributed by atoms with Crippen molar-refractivity contribution in [2.75, 3.05) is 51.2 Å². The molecule has 0 spiro atoms. The van der Waals surface area contributed by atoms with Crippen LogP contribution in [0.4, 0.5) is 5.82 Å². The minimum absolute atomic E-state index is 0.550. The van der Waals surface area contributed by atoms with E-state index in [4.69, 9.17) is 5.10 Å². The molecule has 4 heterocycles. The van der Waals surface area contributed by atoms with Crippen molar-refractivity contribution in [1.82, 2.24) is 29.6 Å². The topological polar surface area (TPSA) is 52.8 Å². The van der Waals surface area contributed by atoms with Gasteiger partial charge in [0, 0.05) is 38.1 Å². The summed E-state index contributed by atoms with van der Waals surface area (Å²) in [6.07, 6.45) is 6.50. The summed E-state index contributed by atoms with van der Waals surface area (Å²) in [5.41, 5.74) is 0.871. The zero-order valence-electron chi connectivity index (χ0n) is 15.7. The summed E-state index contributed by atoms with van der Waals surface area (Å²) in [5.74, 6) is 2.66. The fourth-order valence-corrected chi connectivity index (χ4v) is 4.29. The molecular weight excluding hydrogens is 326 g/mol. The molecule has 1 aliphatic carbocycles. The lowest BCUT2D eigenvalue weighted by atomic mass is 9.85. The van der Waals surface area contributed by atoms with Gasteiger partial charge in [-0.05, 0) is 58.0 Å². The number of likely N-dealkylation sites (N-methyl/N-ethyl adjacent to an activating group) is 1. The number of likely N-dealkylation sites (tertiary alicyclic amines) is 1. The Morgan fingerprint density at radius 2 is 1.88 bits per heavy atom. The molecule has 1 saturated carbocycles. The van der Waals surface area contributed by atoms with Gasteiger partial charge in [-0.2, -0.15) is 4.52 Å². The second-order valence-electron chi connectivity index (χ2n) is 8.24. The maximum absolute atomic E-state index is 4.85. The molecule has 2 aromatic heterocycles. The second kappa shape index (κ2) is 6.78. The van der Waals surface area contributed by atoms with E-state index in [0.29, 0.717) is 12.0 Å². The predicted octanol–water partition coefficient (Wildman–Crippen LogP) is 1.61. The molecule has 0 aromatic carbocycles. The molecule has 7 nitrogen and oxygen atoms in total. The van der Waals surface area contributed by atoms with Crippen LogP contribution in [0.2, 0.25) is 0 Å². The van der Waals surface area contributed by atoms with E-state index in [-0.39, 0.29) is 0 Å². The normalized spacial score (nSPS) is 22.3. The van der Waals surface area contributed by atoms with E-state index in [2.05, 4.69) is 44.1 Å². The van der Waals surface area contributed by atoms with Crippen molar-refractivity contribution < 1.29 is 0 Å². The Hall–Kier alpha value is -1.73. The number of aromatic nitrogens is 4. The molecule has 0 amide bonds. The van der Waals surface area contributed by atoms with Crippen molar-refractivity contribution in [3.05, 3.63) is 18.0 Å². The van der Waals surface area contributed by atoms with Gasteiger partial charge in [0.15, 0.2) is 11.5 Å². The monoisotopic (exact) mass is 355 g/mol. The molecule has 0 unspecified atom stereocenters. The van der Waals surface area contributed by atoms with Crippen molar-refractivity contribution in [1.29, 1.82) is 0 Å². The second-order valence-corrected chi connectivity index (χ2v) is 8.24. The average Bonchev–Trinajstić information content (AvgIpc) is 3.20. The average molecular weight is 355 g/mol.